The van der Waals surface area contributed by atoms with E-state index in [0.29, 0.717) is 16.7 Å². The van der Waals surface area contributed by atoms with Crippen LogP contribution < -0.4 is 10.1 Å². The Morgan fingerprint density at radius 2 is 2.17 bits per heavy atom. The van der Waals surface area contributed by atoms with Gasteiger partial charge in [0.15, 0.2) is 0 Å². The van der Waals surface area contributed by atoms with Gasteiger partial charge in [0.2, 0.25) is 5.95 Å². The van der Waals surface area contributed by atoms with Crippen molar-refractivity contribution in [3.63, 3.8) is 0 Å². The molecular formula is C19H21ClF2N4O3. The SMILES string of the molecule is CCCCCOC(=O)C1=C(C)Nc2ncnn2[C@H]1c1cc(Cl)ccc1OC(F)F. The Labute approximate surface area is 171 Å². The van der Waals surface area contributed by atoms with Gasteiger partial charge in [-0.15, -0.1) is 0 Å². The Hall–Kier alpha value is -2.68. The van der Waals surface area contributed by atoms with Crippen LogP contribution in [0.3, 0.4) is 0 Å². The topological polar surface area (TPSA) is 78.3 Å². The summed E-state index contributed by atoms with van der Waals surface area (Å²) in [5.74, 6) is -0.319. The van der Waals surface area contributed by atoms with E-state index in [2.05, 4.69) is 20.1 Å². The molecule has 0 saturated carbocycles. The van der Waals surface area contributed by atoms with Crippen molar-refractivity contribution in [3.05, 3.63) is 46.4 Å². The number of anilines is 1. The fourth-order valence-electron chi connectivity index (χ4n) is 3.17. The fraction of sp³-hybridized carbons (Fsp3) is 0.421. The molecule has 0 unspecified atom stereocenters. The molecule has 0 saturated heterocycles. The van der Waals surface area contributed by atoms with Crippen molar-refractivity contribution < 1.29 is 23.0 Å². The zero-order valence-electron chi connectivity index (χ0n) is 16.0. The molecule has 156 valence electrons. The van der Waals surface area contributed by atoms with Crippen molar-refractivity contribution >= 4 is 23.5 Å². The van der Waals surface area contributed by atoms with Crippen LogP contribution in [-0.4, -0.2) is 34.0 Å². The number of benzene rings is 1. The molecule has 0 spiro atoms. The quantitative estimate of drug-likeness (QED) is 0.492. The number of nitrogens with one attached hydrogen (secondary N) is 1. The minimum absolute atomic E-state index is 0.109. The van der Waals surface area contributed by atoms with Gasteiger partial charge in [-0.2, -0.15) is 18.9 Å². The third-order valence-electron chi connectivity index (χ3n) is 4.48. The molecule has 0 radical (unpaired) electrons. The molecule has 10 heteroatoms. The standard InChI is InChI=1S/C19H21ClF2N4O3/c1-3-4-5-8-28-17(27)15-11(2)25-19-23-10-24-26(19)16(15)13-9-12(20)6-7-14(13)29-18(21)22/h6-7,9-10,16,18H,3-5,8H2,1-2H3,(H,23,24,25)/t16-/m0/s1. The van der Waals surface area contributed by atoms with Crippen molar-refractivity contribution in [2.45, 2.75) is 45.8 Å². The van der Waals surface area contributed by atoms with Crippen molar-refractivity contribution in [3.8, 4) is 5.75 Å². The molecule has 1 aromatic carbocycles. The van der Waals surface area contributed by atoms with Crippen molar-refractivity contribution in [2.75, 3.05) is 11.9 Å². The zero-order chi connectivity index (χ0) is 21.0. The van der Waals surface area contributed by atoms with E-state index in [1.807, 2.05) is 6.92 Å². The third-order valence-corrected chi connectivity index (χ3v) is 4.71. The first-order valence-electron chi connectivity index (χ1n) is 9.21. The number of allylic oxidation sites excluding steroid dienone is 1. The van der Waals surface area contributed by atoms with Crippen LogP contribution in [-0.2, 0) is 9.53 Å². The molecule has 7 nitrogen and oxygen atoms in total. The van der Waals surface area contributed by atoms with Crippen LogP contribution in [0, 0.1) is 0 Å². The van der Waals surface area contributed by atoms with Crippen LogP contribution in [0.4, 0.5) is 14.7 Å². The summed E-state index contributed by atoms with van der Waals surface area (Å²) in [6.07, 6.45) is 3.96. The lowest BCUT2D eigenvalue weighted by atomic mass is 9.95. The maximum atomic E-state index is 13.0. The van der Waals surface area contributed by atoms with Gasteiger partial charge in [-0.3, -0.25) is 0 Å². The number of carbonyl (C=O) groups excluding carboxylic acids is 1. The summed E-state index contributed by atoms with van der Waals surface area (Å²) in [6, 6.07) is 3.35. The van der Waals surface area contributed by atoms with E-state index in [9.17, 15) is 13.6 Å². The largest absolute Gasteiger partial charge is 0.462 e. The van der Waals surface area contributed by atoms with Crippen LogP contribution in [0.2, 0.25) is 5.02 Å². The minimum atomic E-state index is -3.04. The molecule has 1 aliphatic heterocycles. The number of esters is 1. The molecule has 0 aliphatic carbocycles. The number of hydrogen-bond donors (Lipinski definition) is 1. The first-order chi connectivity index (χ1) is 13.9. The lowest BCUT2D eigenvalue weighted by molar-refractivity contribution is -0.139. The number of fused-ring (bicyclic) bond motifs is 1. The molecule has 1 aliphatic rings. The summed E-state index contributed by atoms with van der Waals surface area (Å²) in [4.78, 5) is 17.0. The lowest BCUT2D eigenvalue weighted by Crippen LogP contribution is -2.30. The summed E-state index contributed by atoms with van der Waals surface area (Å²) in [5.41, 5.74) is 0.964. The highest BCUT2D eigenvalue weighted by atomic mass is 35.5. The molecule has 3 rings (SSSR count). The Morgan fingerprint density at radius 1 is 1.38 bits per heavy atom. The van der Waals surface area contributed by atoms with Gasteiger partial charge in [0.1, 0.15) is 18.1 Å². The molecule has 2 heterocycles. The number of rotatable bonds is 8. The van der Waals surface area contributed by atoms with Crippen LogP contribution in [0.1, 0.15) is 44.7 Å². The van der Waals surface area contributed by atoms with Gasteiger partial charge >= 0.3 is 12.6 Å². The average Bonchev–Trinajstić information content (AvgIpc) is 3.13. The summed E-state index contributed by atoms with van der Waals surface area (Å²) in [7, 11) is 0. The number of unbranched alkanes of at least 4 members (excludes halogenated alkanes) is 2. The van der Waals surface area contributed by atoms with E-state index in [1.54, 1.807) is 6.92 Å². The van der Waals surface area contributed by atoms with Gasteiger partial charge in [-0.25, -0.2) is 9.48 Å². The van der Waals surface area contributed by atoms with E-state index in [1.165, 1.54) is 29.2 Å². The van der Waals surface area contributed by atoms with E-state index >= 15 is 0 Å². The Kier molecular flexibility index (Phi) is 6.68. The van der Waals surface area contributed by atoms with Crippen molar-refractivity contribution in [1.82, 2.24) is 14.8 Å². The van der Waals surface area contributed by atoms with Crippen molar-refractivity contribution in [2.24, 2.45) is 0 Å². The van der Waals surface area contributed by atoms with E-state index in [-0.39, 0.29) is 23.5 Å². The number of ether oxygens (including phenoxy) is 2. The second kappa shape index (κ2) is 9.21. The molecule has 2 aromatic rings. The summed E-state index contributed by atoms with van der Waals surface area (Å²) in [5, 5.41) is 7.45. The van der Waals surface area contributed by atoms with Gasteiger partial charge < -0.3 is 14.8 Å². The summed E-state index contributed by atoms with van der Waals surface area (Å²) in [6.45, 7) is 0.953. The number of hydrogen-bond acceptors (Lipinski definition) is 6. The Balaban J connectivity index is 2.04. The predicted octanol–water partition coefficient (Wildman–Crippen LogP) is 4.56. The molecular weight excluding hydrogens is 406 g/mol. The second-order valence-electron chi connectivity index (χ2n) is 6.50. The maximum Gasteiger partial charge on any atom is 0.387 e. The summed E-state index contributed by atoms with van der Waals surface area (Å²) < 4.78 is 37.5. The minimum Gasteiger partial charge on any atom is -0.462 e. The van der Waals surface area contributed by atoms with E-state index in [0.717, 1.165) is 19.3 Å². The number of halogens is 3. The number of nitrogens with zero attached hydrogens (tertiary/aromatic N) is 3. The average molecular weight is 427 g/mol. The van der Waals surface area contributed by atoms with Gasteiger partial charge in [0.05, 0.1) is 12.2 Å². The predicted molar refractivity (Wildman–Crippen MR) is 103 cm³/mol. The highest BCUT2D eigenvalue weighted by Crippen LogP contribution is 2.40. The molecule has 29 heavy (non-hydrogen) atoms. The monoisotopic (exact) mass is 426 g/mol. The number of alkyl halides is 2. The van der Waals surface area contributed by atoms with Gasteiger partial charge in [0, 0.05) is 16.3 Å². The second-order valence-corrected chi connectivity index (χ2v) is 6.93. The van der Waals surface area contributed by atoms with Crippen molar-refractivity contribution in [1.29, 1.82) is 0 Å². The molecule has 0 bridgehead atoms. The van der Waals surface area contributed by atoms with Gasteiger partial charge in [-0.05, 0) is 31.5 Å². The Morgan fingerprint density at radius 3 is 2.90 bits per heavy atom. The first kappa shape index (κ1) is 21.0. The molecule has 1 atom stereocenters. The third kappa shape index (κ3) is 4.67. The molecule has 1 aromatic heterocycles. The van der Waals surface area contributed by atoms with Crippen LogP contribution in [0.25, 0.3) is 0 Å². The highest BCUT2D eigenvalue weighted by Gasteiger charge is 2.36. The smallest absolute Gasteiger partial charge is 0.387 e. The number of carbonyl (C=O) groups is 1. The molecule has 0 fully saturated rings. The fourth-order valence-corrected chi connectivity index (χ4v) is 3.35. The zero-order valence-corrected chi connectivity index (χ0v) is 16.7. The number of aromatic nitrogens is 3. The van der Waals surface area contributed by atoms with Crippen LogP contribution in [0.15, 0.2) is 35.8 Å². The van der Waals surface area contributed by atoms with Gasteiger partial charge in [-0.1, -0.05) is 31.4 Å². The van der Waals surface area contributed by atoms with Gasteiger partial charge in [0.25, 0.3) is 0 Å². The van der Waals surface area contributed by atoms with Crippen LogP contribution >= 0.6 is 11.6 Å². The summed E-state index contributed by atoms with van der Waals surface area (Å²) >= 11 is 6.12. The Bertz CT molecular complexity index is 917. The first-order valence-corrected chi connectivity index (χ1v) is 9.58. The van der Waals surface area contributed by atoms with E-state index < -0.39 is 18.6 Å². The molecule has 1 N–H and O–H groups in total. The van der Waals surface area contributed by atoms with E-state index in [4.69, 9.17) is 16.3 Å². The lowest BCUT2D eigenvalue weighted by Gasteiger charge is -2.29. The molecule has 0 amide bonds. The normalized spacial score (nSPS) is 15.9. The highest BCUT2D eigenvalue weighted by molar-refractivity contribution is 6.30. The van der Waals surface area contributed by atoms with Crippen LogP contribution in [0.5, 0.6) is 5.75 Å². The maximum absolute atomic E-state index is 13.0.